The van der Waals surface area contributed by atoms with Crippen LogP contribution in [0.15, 0.2) is 24.3 Å². The number of rotatable bonds is 9. The van der Waals surface area contributed by atoms with Gasteiger partial charge in [-0.3, -0.25) is 15.0 Å². The van der Waals surface area contributed by atoms with Crippen molar-refractivity contribution in [3.63, 3.8) is 0 Å². The molecule has 0 bridgehead atoms. The number of hydrogen-bond acceptors (Lipinski definition) is 5. The SMILES string of the molecule is COC(=O)CCCCCCNC(=O)C1CNNC1c1ccc(F)cc1. The minimum Gasteiger partial charge on any atom is -0.469 e. The van der Waals surface area contributed by atoms with Crippen LogP contribution < -0.4 is 16.2 Å². The zero-order chi connectivity index (χ0) is 18.1. The molecule has 0 spiro atoms. The Morgan fingerprint density at radius 3 is 2.64 bits per heavy atom. The van der Waals surface area contributed by atoms with Crippen LogP contribution in [0, 0.1) is 11.7 Å². The maximum atomic E-state index is 13.0. The van der Waals surface area contributed by atoms with Crippen molar-refractivity contribution >= 4 is 11.9 Å². The van der Waals surface area contributed by atoms with Gasteiger partial charge in [0.15, 0.2) is 0 Å². The highest BCUT2D eigenvalue weighted by Crippen LogP contribution is 2.25. The van der Waals surface area contributed by atoms with Gasteiger partial charge in [0.05, 0.1) is 19.1 Å². The van der Waals surface area contributed by atoms with Crippen LogP contribution in [0.1, 0.15) is 43.7 Å². The normalized spacial score (nSPS) is 19.6. The van der Waals surface area contributed by atoms with E-state index in [1.807, 2.05) is 0 Å². The summed E-state index contributed by atoms with van der Waals surface area (Å²) >= 11 is 0. The van der Waals surface area contributed by atoms with Crippen molar-refractivity contribution < 1.29 is 18.7 Å². The van der Waals surface area contributed by atoms with E-state index in [4.69, 9.17) is 0 Å². The molecule has 1 heterocycles. The van der Waals surface area contributed by atoms with Crippen LogP contribution in [-0.4, -0.2) is 32.1 Å². The van der Waals surface area contributed by atoms with E-state index in [-0.39, 0.29) is 29.7 Å². The van der Waals surface area contributed by atoms with Gasteiger partial charge in [-0.25, -0.2) is 9.82 Å². The molecule has 0 radical (unpaired) electrons. The molecule has 2 atom stereocenters. The minimum absolute atomic E-state index is 0.0126. The van der Waals surface area contributed by atoms with E-state index >= 15 is 0 Å². The number of unbranched alkanes of at least 4 members (excludes halogenated alkanes) is 3. The van der Waals surface area contributed by atoms with E-state index in [1.54, 1.807) is 12.1 Å². The van der Waals surface area contributed by atoms with Gasteiger partial charge < -0.3 is 10.1 Å². The Hall–Kier alpha value is -1.99. The number of nitrogens with one attached hydrogen (secondary N) is 3. The molecule has 3 N–H and O–H groups in total. The van der Waals surface area contributed by atoms with Crippen LogP contribution >= 0.6 is 0 Å². The molecule has 138 valence electrons. The quantitative estimate of drug-likeness (QED) is 0.467. The fourth-order valence-electron chi connectivity index (χ4n) is 2.92. The number of esters is 1. The maximum Gasteiger partial charge on any atom is 0.305 e. The van der Waals surface area contributed by atoms with Crippen LogP contribution in [-0.2, 0) is 14.3 Å². The lowest BCUT2D eigenvalue weighted by Gasteiger charge is -2.18. The summed E-state index contributed by atoms with van der Waals surface area (Å²) in [6, 6.07) is 6.03. The number of methoxy groups -OCH3 is 1. The molecule has 0 aliphatic carbocycles. The van der Waals surface area contributed by atoms with Gasteiger partial charge in [-0.1, -0.05) is 25.0 Å². The standard InChI is InChI=1S/C18H26FN3O3/c1-25-16(23)6-4-2-3-5-11-20-18(24)15-12-21-22-17(15)13-7-9-14(19)10-8-13/h7-10,15,17,21-22H,2-6,11-12H2,1H3,(H,20,24). The number of amides is 1. The first-order valence-corrected chi connectivity index (χ1v) is 8.70. The number of halogens is 1. The summed E-state index contributed by atoms with van der Waals surface area (Å²) < 4.78 is 17.6. The molecule has 1 amide bonds. The van der Waals surface area contributed by atoms with Gasteiger partial charge in [-0.15, -0.1) is 0 Å². The summed E-state index contributed by atoms with van der Waals surface area (Å²) in [6.07, 6.45) is 4.03. The second-order valence-electron chi connectivity index (χ2n) is 6.19. The monoisotopic (exact) mass is 351 g/mol. The minimum atomic E-state index is -0.289. The first kappa shape index (κ1) is 19.3. The maximum absolute atomic E-state index is 13.0. The average molecular weight is 351 g/mol. The lowest BCUT2D eigenvalue weighted by Crippen LogP contribution is -2.35. The highest BCUT2D eigenvalue weighted by Gasteiger charge is 2.33. The third-order valence-corrected chi connectivity index (χ3v) is 4.38. The molecule has 1 aliphatic rings. The Kier molecular flexibility index (Phi) is 7.81. The van der Waals surface area contributed by atoms with E-state index in [9.17, 15) is 14.0 Å². The van der Waals surface area contributed by atoms with Crippen LogP contribution in [0.5, 0.6) is 0 Å². The van der Waals surface area contributed by atoms with Crippen molar-refractivity contribution in [2.45, 2.75) is 38.1 Å². The molecule has 25 heavy (non-hydrogen) atoms. The highest BCUT2D eigenvalue weighted by molar-refractivity contribution is 5.80. The van der Waals surface area contributed by atoms with Crippen molar-refractivity contribution in [1.82, 2.24) is 16.2 Å². The second-order valence-corrected chi connectivity index (χ2v) is 6.19. The number of carbonyl (C=O) groups is 2. The van der Waals surface area contributed by atoms with Gasteiger partial charge in [-0.05, 0) is 30.5 Å². The summed E-state index contributed by atoms with van der Waals surface area (Å²) in [5.41, 5.74) is 6.97. The summed E-state index contributed by atoms with van der Waals surface area (Å²) in [4.78, 5) is 23.4. The molecule has 1 fully saturated rings. The second kappa shape index (κ2) is 10.1. The number of ether oxygens (including phenoxy) is 1. The molecule has 1 aromatic rings. The first-order chi connectivity index (χ1) is 12.1. The summed E-state index contributed by atoms with van der Waals surface area (Å²) in [5, 5.41) is 2.96. The Bertz CT molecular complexity index is 565. The van der Waals surface area contributed by atoms with E-state index in [0.717, 1.165) is 31.2 Å². The summed E-state index contributed by atoms with van der Waals surface area (Å²) in [5.74, 6) is -0.713. The number of benzene rings is 1. The zero-order valence-corrected chi connectivity index (χ0v) is 14.5. The van der Waals surface area contributed by atoms with Gasteiger partial charge in [0, 0.05) is 19.5 Å². The number of hydrogen-bond donors (Lipinski definition) is 3. The topological polar surface area (TPSA) is 79.5 Å². The molecular weight excluding hydrogens is 325 g/mol. The predicted octanol–water partition coefficient (Wildman–Crippen LogP) is 1.83. The summed E-state index contributed by atoms with van der Waals surface area (Å²) in [7, 11) is 1.39. The molecular formula is C18H26FN3O3. The molecule has 1 aliphatic heterocycles. The first-order valence-electron chi connectivity index (χ1n) is 8.70. The predicted molar refractivity (Wildman–Crippen MR) is 91.9 cm³/mol. The Morgan fingerprint density at radius 2 is 1.92 bits per heavy atom. The van der Waals surface area contributed by atoms with Crippen LogP contribution in [0.25, 0.3) is 0 Å². The van der Waals surface area contributed by atoms with Gasteiger partial charge in [0.2, 0.25) is 5.91 Å². The van der Waals surface area contributed by atoms with E-state index in [2.05, 4.69) is 20.9 Å². The zero-order valence-electron chi connectivity index (χ0n) is 14.5. The molecule has 2 rings (SSSR count). The molecule has 0 aromatic heterocycles. The summed E-state index contributed by atoms with van der Waals surface area (Å²) in [6.45, 7) is 1.15. The lowest BCUT2D eigenvalue weighted by atomic mass is 9.94. The van der Waals surface area contributed by atoms with Crippen LogP contribution in [0.4, 0.5) is 4.39 Å². The average Bonchev–Trinajstić information content (AvgIpc) is 3.11. The fourth-order valence-corrected chi connectivity index (χ4v) is 2.92. The van der Waals surface area contributed by atoms with Gasteiger partial charge in [0.25, 0.3) is 0 Å². The van der Waals surface area contributed by atoms with E-state index in [0.29, 0.717) is 19.5 Å². The van der Waals surface area contributed by atoms with Crippen molar-refractivity contribution in [1.29, 1.82) is 0 Å². The van der Waals surface area contributed by atoms with Gasteiger partial charge in [0.1, 0.15) is 5.82 Å². The highest BCUT2D eigenvalue weighted by atomic mass is 19.1. The van der Waals surface area contributed by atoms with Gasteiger partial charge >= 0.3 is 5.97 Å². The molecule has 7 heteroatoms. The number of hydrazine groups is 1. The molecule has 1 saturated heterocycles. The van der Waals surface area contributed by atoms with Crippen molar-refractivity contribution in [3.8, 4) is 0 Å². The number of carbonyl (C=O) groups excluding carboxylic acids is 2. The lowest BCUT2D eigenvalue weighted by molar-refractivity contribution is -0.140. The Morgan fingerprint density at radius 1 is 1.20 bits per heavy atom. The Balaban J connectivity index is 1.68. The third-order valence-electron chi connectivity index (χ3n) is 4.38. The molecule has 2 unspecified atom stereocenters. The molecule has 6 nitrogen and oxygen atoms in total. The smallest absolute Gasteiger partial charge is 0.305 e. The largest absolute Gasteiger partial charge is 0.469 e. The van der Waals surface area contributed by atoms with Crippen molar-refractivity contribution in [2.24, 2.45) is 5.92 Å². The van der Waals surface area contributed by atoms with Crippen LogP contribution in [0.3, 0.4) is 0 Å². The van der Waals surface area contributed by atoms with Gasteiger partial charge in [-0.2, -0.15) is 0 Å². The molecule has 0 saturated carbocycles. The van der Waals surface area contributed by atoms with Crippen molar-refractivity contribution in [2.75, 3.05) is 20.2 Å². The van der Waals surface area contributed by atoms with E-state index < -0.39 is 0 Å². The van der Waals surface area contributed by atoms with E-state index in [1.165, 1.54) is 19.2 Å². The third kappa shape index (κ3) is 6.10. The van der Waals surface area contributed by atoms with Crippen LogP contribution in [0.2, 0.25) is 0 Å². The molecule has 1 aromatic carbocycles. The van der Waals surface area contributed by atoms with Crippen molar-refractivity contribution in [3.05, 3.63) is 35.6 Å². The Labute approximate surface area is 147 Å². The fraction of sp³-hybridized carbons (Fsp3) is 0.556.